The lowest BCUT2D eigenvalue weighted by molar-refractivity contribution is -0.00751. The summed E-state index contributed by atoms with van der Waals surface area (Å²) in [6.07, 6.45) is 7.22. The summed E-state index contributed by atoms with van der Waals surface area (Å²) in [5.74, 6) is 0. The van der Waals surface area contributed by atoms with Crippen LogP contribution in [0.2, 0.25) is 0 Å². The maximum absolute atomic E-state index is 6.09. The smallest absolute Gasteiger partial charge is 0.0480 e. The van der Waals surface area contributed by atoms with E-state index in [9.17, 15) is 0 Å². The Morgan fingerprint density at radius 2 is 1.94 bits per heavy atom. The molecule has 0 spiro atoms. The third-order valence-electron chi connectivity index (χ3n) is 4.52. The first-order valence-electron chi connectivity index (χ1n) is 7.21. The summed E-state index contributed by atoms with van der Waals surface area (Å²) in [7, 11) is 2.27. The van der Waals surface area contributed by atoms with Gasteiger partial charge in [0.1, 0.15) is 0 Å². The van der Waals surface area contributed by atoms with Crippen LogP contribution >= 0.6 is 0 Å². The van der Waals surface area contributed by atoms with Gasteiger partial charge in [-0.2, -0.15) is 0 Å². The highest BCUT2D eigenvalue weighted by atomic mass is 16.5. The minimum Gasteiger partial charge on any atom is -0.381 e. The van der Waals surface area contributed by atoms with Crippen LogP contribution in [-0.4, -0.2) is 43.3 Å². The van der Waals surface area contributed by atoms with Gasteiger partial charge in [-0.3, -0.25) is 4.90 Å². The number of hydrogen-bond acceptors (Lipinski definition) is 3. The summed E-state index contributed by atoms with van der Waals surface area (Å²) >= 11 is 0. The highest BCUT2D eigenvalue weighted by molar-refractivity contribution is 4.92. The highest BCUT2D eigenvalue weighted by Crippen LogP contribution is 2.29. The molecule has 1 aliphatic heterocycles. The molecule has 1 rings (SSSR count). The predicted molar refractivity (Wildman–Crippen MR) is 73.2 cm³/mol. The Kier molecular flexibility index (Phi) is 6.45. The van der Waals surface area contributed by atoms with Crippen LogP contribution in [0.1, 0.15) is 52.4 Å². The van der Waals surface area contributed by atoms with Crippen LogP contribution in [0.25, 0.3) is 0 Å². The minimum absolute atomic E-state index is 0.206. The molecule has 0 aromatic rings. The Morgan fingerprint density at radius 3 is 2.41 bits per heavy atom. The molecule has 1 fully saturated rings. The summed E-state index contributed by atoms with van der Waals surface area (Å²) in [6, 6.07) is 0.657. The van der Waals surface area contributed by atoms with E-state index in [0.29, 0.717) is 6.04 Å². The van der Waals surface area contributed by atoms with Crippen LogP contribution in [0.15, 0.2) is 0 Å². The van der Waals surface area contributed by atoms with Crippen LogP contribution < -0.4 is 5.73 Å². The van der Waals surface area contributed by atoms with E-state index in [2.05, 4.69) is 25.8 Å². The summed E-state index contributed by atoms with van der Waals surface area (Å²) in [5.41, 5.74) is 6.30. The van der Waals surface area contributed by atoms with Gasteiger partial charge in [0.15, 0.2) is 0 Å². The molecule has 1 saturated heterocycles. The van der Waals surface area contributed by atoms with Crippen molar-refractivity contribution >= 4 is 0 Å². The summed E-state index contributed by atoms with van der Waals surface area (Å²) in [6.45, 7) is 7.13. The molecule has 0 bridgehead atoms. The van der Waals surface area contributed by atoms with E-state index in [1.165, 1.54) is 19.3 Å². The van der Waals surface area contributed by atoms with Crippen LogP contribution in [0, 0.1) is 0 Å². The van der Waals surface area contributed by atoms with E-state index in [-0.39, 0.29) is 5.54 Å². The van der Waals surface area contributed by atoms with Crippen molar-refractivity contribution in [1.29, 1.82) is 0 Å². The zero-order chi connectivity index (χ0) is 12.7. The van der Waals surface area contributed by atoms with Gasteiger partial charge in [0.25, 0.3) is 0 Å². The summed E-state index contributed by atoms with van der Waals surface area (Å²) in [5, 5.41) is 0. The van der Waals surface area contributed by atoms with Crippen LogP contribution in [-0.2, 0) is 4.74 Å². The first kappa shape index (κ1) is 14.9. The maximum Gasteiger partial charge on any atom is 0.0480 e. The molecular weight excluding hydrogens is 212 g/mol. The van der Waals surface area contributed by atoms with Gasteiger partial charge in [-0.25, -0.2) is 0 Å². The summed E-state index contributed by atoms with van der Waals surface area (Å²) < 4.78 is 5.45. The van der Waals surface area contributed by atoms with Crippen molar-refractivity contribution in [2.45, 2.75) is 64.0 Å². The zero-order valence-electron chi connectivity index (χ0n) is 11.9. The van der Waals surface area contributed by atoms with E-state index < -0.39 is 0 Å². The van der Waals surface area contributed by atoms with Gasteiger partial charge in [-0.1, -0.05) is 26.7 Å². The second-order valence-corrected chi connectivity index (χ2v) is 5.34. The minimum atomic E-state index is 0.206. The van der Waals surface area contributed by atoms with Crippen molar-refractivity contribution in [3.05, 3.63) is 0 Å². The van der Waals surface area contributed by atoms with Gasteiger partial charge in [0.2, 0.25) is 0 Å². The van der Waals surface area contributed by atoms with Gasteiger partial charge >= 0.3 is 0 Å². The lowest BCUT2D eigenvalue weighted by Crippen LogP contribution is -2.56. The Labute approximate surface area is 107 Å². The van der Waals surface area contributed by atoms with Gasteiger partial charge in [-0.05, 0) is 32.7 Å². The predicted octanol–water partition coefficient (Wildman–Crippen LogP) is 2.39. The van der Waals surface area contributed by atoms with Gasteiger partial charge in [0.05, 0.1) is 0 Å². The molecule has 17 heavy (non-hydrogen) atoms. The van der Waals surface area contributed by atoms with E-state index in [4.69, 9.17) is 10.5 Å². The third kappa shape index (κ3) is 3.67. The number of ether oxygens (including phenoxy) is 1. The molecule has 0 aromatic carbocycles. The number of nitrogens with two attached hydrogens (primary N) is 1. The molecule has 0 aliphatic carbocycles. The van der Waals surface area contributed by atoms with Crippen molar-refractivity contribution in [3.63, 3.8) is 0 Å². The standard InChI is InChI=1S/C14H30N2O/c1-4-6-9-14(5-2,12-15)16(3)13-7-10-17-11-8-13/h13H,4-12,15H2,1-3H3. The zero-order valence-corrected chi connectivity index (χ0v) is 11.9. The molecule has 0 radical (unpaired) electrons. The first-order valence-corrected chi connectivity index (χ1v) is 7.21. The van der Waals surface area contributed by atoms with Crippen molar-refractivity contribution in [2.75, 3.05) is 26.8 Å². The molecule has 3 heteroatoms. The summed E-state index contributed by atoms with van der Waals surface area (Å²) in [4.78, 5) is 2.56. The van der Waals surface area contributed by atoms with E-state index in [1.54, 1.807) is 0 Å². The Morgan fingerprint density at radius 1 is 1.29 bits per heavy atom. The second-order valence-electron chi connectivity index (χ2n) is 5.34. The van der Waals surface area contributed by atoms with Crippen LogP contribution in [0.5, 0.6) is 0 Å². The number of rotatable bonds is 7. The van der Waals surface area contributed by atoms with Crippen molar-refractivity contribution < 1.29 is 4.74 Å². The average Bonchev–Trinajstić information content (AvgIpc) is 2.41. The lowest BCUT2D eigenvalue weighted by Gasteiger charge is -2.46. The molecule has 1 unspecified atom stereocenters. The Bertz CT molecular complexity index is 198. The van der Waals surface area contributed by atoms with E-state index >= 15 is 0 Å². The number of hydrogen-bond donors (Lipinski definition) is 1. The molecule has 1 heterocycles. The first-order chi connectivity index (χ1) is 8.20. The SMILES string of the molecule is CCCCC(CC)(CN)N(C)C1CCOCC1. The molecule has 102 valence electrons. The molecular formula is C14H30N2O. The fraction of sp³-hybridized carbons (Fsp3) is 1.00. The van der Waals surface area contributed by atoms with Crippen molar-refractivity contribution in [2.24, 2.45) is 5.73 Å². The topological polar surface area (TPSA) is 38.5 Å². The van der Waals surface area contributed by atoms with Crippen molar-refractivity contribution in [3.8, 4) is 0 Å². The lowest BCUT2D eigenvalue weighted by atomic mass is 9.86. The van der Waals surface area contributed by atoms with Gasteiger partial charge in [0, 0.05) is 31.3 Å². The average molecular weight is 242 g/mol. The van der Waals surface area contributed by atoms with E-state index in [0.717, 1.165) is 39.0 Å². The van der Waals surface area contributed by atoms with E-state index in [1.807, 2.05) is 0 Å². The van der Waals surface area contributed by atoms with Crippen molar-refractivity contribution in [1.82, 2.24) is 4.90 Å². The maximum atomic E-state index is 6.09. The molecule has 1 atom stereocenters. The van der Waals surface area contributed by atoms with Gasteiger partial charge in [-0.15, -0.1) is 0 Å². The number of likely N-dealkylation sites (N-methyl/N-ethyl adjacent to an activating group) is 1. The fourth-order valence-corrected chi connectivity index (χ4v) is 2.96. The molecule has 0 amide bonds. The number of unbranched alkanes of at least 4 members (excludes halogenated alkanes) is 1. The monoisotopic (exact) mass is 242 g/mol. The molecule has 2 N–H and O–H groups in total. The van der Waals surface area contributed by atoms with Crippen LogP contribution in [0.3, 0.4) is 0 Å². The molecule has 3 nitrogen and oxygen atoms in total. The Balaban J connectivity index is 2.66. The fourth-order valence-electron chi connectivity index (χ4n) is 2.96. The number of nitrogens with zero attached hydrogens (tertiary/aromatic N) is 1. The Hall–Kier alpha value is -0.120. The quantitative estimate of drug-likeness (QED) is 0.745. The second kappa shape index (κ2) is 7.34. The normalized spacial score (nSPS) is 21.7. The molecule has 1 aliphatic rings. The van der Waals surface area contributed by atoms with Gasteiger partial charge < -0.3 is 10.5 Å². The highest BCUT2D eigenvalue weighted by Gasteiger charge is 2.35. The molecule has 0 saturated carbocycles. The third-order valence-corrected chi connectivity index (χ3v) is 4.52. The molecule has 0 aromatic heterocycles. The van der Waals surface area contributed by atoms with Crippen LogP contribution in [0.4, 0.5) is 0 Å². The largest absolute Gasteiger partial charge is 0.381 e.